The lowest BCUT2D eigenvalue weighted by atomic mass is 10.1. The molecular weight excluding hydrogens is 474 g/mol. The fourth-order valence-corrected chi connectivity index (χ4v) is 4.45. The average molecular weight is 493 g/mol. The highest BCUT2D eigenvalue weighted by Crippen LogP contribution is 2.30. The van der Waals surface area contributed by atoms with Crippen LogP contribution in [0.5, 0.6) is 5.75 Å². The second-order valence-electron chi connectivity index (χ2n) is 7.69. The van der Waals surface area contributed by atoms with E-state index in [2.05, 4.69) is 0 Å². The summed E-state index contributed by atoms with van der Waals surface area (Å²) in [5.74, 6) is -1.80. The summed E-state index contributed by atoms with van der Waals surface area (Å²) >= 11 is 1.40. The number of nitrogens with zero attached hydrogens (tertiary/aromatic N) is 3. The number of hydrogen-bond acceptors (Lipinski definition) is 8. The molecule has 0 N–H and O–H groups in total. The summed E-state index contributed by atoms with van der Waals surface area (Å²) in [6.45, 7) is 1.35. The number of hydrogen-bond donors (Lipinski definition) is 0. The van der Waals surface area contributed by atoms with Crippen molar-refractivity contribution in [3.63, 3.8) is 0 Å². The number of amides is 3. The number of esters is 1. The molecule has 1 saturated heterocycles. The van der Waals surface area contributed by atoms with Crippen LogP contribution in [0.15, 0.2) is 66.0 Å². The Bertz CT molecular complexity index is 1290. The number of nitro groups is 1. The van der Waals surface area contributed by atoms with Crippen LogP contribution in [0.2, 0.25) is 0 Å². The Morgan fingerprint density at radius 3 is 2.37 bits per heavy atom. The number of carbonyl (C=O) groups is 4. The second kappa shape index (κ2) is 9.85. The summed E-state index contributed by atoms with van der Waals surface area (Å²) in [5.41, 5.74) is 0.288. The van der Waals surface area contributed by atoms with E-state index in [4.69, 9.17) is 4.74 Å². The van der Waals surface area contributed by atoms with Gasteiger partial charge in [-0.15, -0.1) is 11.3 Å². The smallest absolute Gasteiger partial charge is 0.308 e. The Morgan fingerprint density at radius 2 is 1.80 bits per heavy atom. The summed E-state index contributed by atoms with van der Waals surface area (Å²) in [5, 5.41) is 12.8. The molecule has 178 valence electrons. The van der Waals surface area contributed by atoms with Crippen molar-refractivity contribution in [3.8, 4) is 5.75 Å². The standard InChI is InChI=1S/C24H19N3O7S/c1-15(28)34-19-10-8-17(9-11-19)26-22(29)13-21(24(26)31)25(14-20-3-2-12-35-20)23(30)16-4-6-18(7-5-16)27(32)33/h2-12,21H,13-14H2,1H3. The summed E-state index contributed by atoms with van der Waals surface area (Å²) in [6.07, 6.45) is -0.214. The SMILES string of the molecule is CC(=O)Oc1ccc(N2C(=O)CC(N(Cc3cccs3)C(=O)c3ccc([N+](=O)[O-])cc3)C2=O)cc1. The number of anilines is 1. The van der Waals surface area contributed by atoms with Crippen LogP contribution in [0, 0.1) is 10.1 Å². The first-order valence-corrected chi connectivity index (χ1v) is 11.4. The van der Waals surface area contributed by atoms with Crippen molar-refractivity contribution in [1.29, 1.82) is 0 Å². The topological polar surface area (TPSA) is 127 Å². The van der Waals surface area contributed by atoms with E-state index >= 15 is 0 Å². The van der Waals surface area contributed by atoms with Crippen LogP contribution in [0.1, 0.15) is 28.6 Å². The quantitative estimate of drug-likeness (QED) is 0.162. The third kappa shape index (κ3) is 5.09. The van der Waals surface area contributed by atoms with Gasteiger partial charge in [0, 0.05) is 29.5 Å². The van der Waals surface area contributed by atoms with Crippen LogP contribution in [0.4, 0.5) is 11.4 Å². The lowest BCUT2D eigenvalue weighted by Crippen LogP contribution is -2.45. The van der Waals surface area contributed by atoms with Gasteiger partial charge in [0.2, 0.25) is 5.91 Å². The third-order valence-electron chi connectivity index (χ3n) is 5.35. The van der Waals surface area contributed by atoms with E-state index in [1.807, 2.05) is 17.5 Å². The van der Waals surface area contributed by atoms with Crippen LogP contribution in [-0.4, -0.2) is 39.6 Å². The largest absolute Gasteiger partial charge is 0.427 e. The van der Waals surface area contributed by atoms with Crippen LogP contribution < -0.4 is 9.64 Å². The van der Waals surface area contributed by atoms with Gasteiger partial charge >= 0.3 is 5.97 Å². The number of rotatable bonds is 7. The summed E-state index contributed by atoms with van der Waals surface area (Å²) < 4.78 is 4.99. The van der Waals surface area contributed by atoms with E-state index in [1.54, 1.807) is 0 Å². The maximum absolute atomic E-state index is 13.4. The summed E-state index contributed by atoms with van der Waals surface area (Å²) in [6, 6.07) is 13.6. The van der Waals surface area contributed by atoms with Gasteiger partial charge in [-0.25, -0.2) is 4.90 Å². The first kappa shape index (κ1) is 23.8. The highest BCUT2D eigenvalue weighted by Gasteiger charge is 2.44. The van der Waals surface area contributed by atoms with Crippen LogP contribution in [0.25, 0.3) is 0 Å². The fourth-order valence-electron chi connectivity index (χ4n) is 3.75. The minimum atomic E-state index is -1.06. The molecule has 1 aliphatic rings. The molecule has 2 heterocycles. The molecule has 1 aliphatic heterocycles. The maximum Gasteiger partial charge on any atom is 0.308 e. The van der Waals surface area contributed by atoms with Gasteiger partial charge in [-0.05, 0) is 47.8 Å². The third-order valence-corrected chi connectivity index (χ3v) is 6.21. The lowest BCUT2D eigenvalue weighted by molar-refractivity contribution is -0.384. The molecule has 1 aromatic heterocycles. The van der Waals surface area contributed by atoms with Gasteiger partial charge in [-0.2, -0.15) is 0 Å². The molecule has 4 rings (SSSR count). The normalized spacial score (nSPS) is 15.2. The summed E-state index contributed by atoms with van der Waals surface area (Å²) in [4.78, 5) is 64.3. The van der Waals surface area contributed by atoms with Gasteiger partial charge < -0.3 is 9.64 Å². The van der Waals surface area contributed by atoms with Crippen LogP contribution in [-0.2, 0) is 20.9 Å². The number of thiophene rings is 1. The van der Waals surface area contributed by atoms with Gasteiger partial charge in [-0.1, -0.05) is 6.07 Å². The second-order valence-corrected chi connectivity index (χ2v) is 8.72. The van der Waals surface area contributed by atoms with E-state index in [0.29, 0.717) is 0 Å². The van der Waals surface area contributed by atoms with E-state index in [9.17, 15) is 29.3 Å². The monoisotopic (exact) mass is 493 g/mol. The fraction of sp³-hybridized carbons (Fsp3) is 0.167. The number of nitro benzene ring substituents is 1. The molecule has 11 heteroatoms. The highest BCUT2D eigenvalue weighted by atomic mass is 32.1. The van der Waals surface area contributed by atoms with Crippen molar-refractivity contribution in [3.05, 3.63) is 86.6 Å². The van der Waals surface area contributed by atoms with Crippen molar-refractivity contribution in [2.45, 2.75) is 25.9 Å². The van der Waals surface area contributed by atoms with Crippen molar-refractivity contribution < 1.29 is 28.8 Å². The Hall–Kier alpha value is -4.38. The number of imide groups is 1. The number of carbonyl (C=O) groups excluding carboxylic acids is 4. The van der Waals surface area contributed by atoms with E-state index in [-0.39, 0.29) is 35.7 Å². The van der Waals surface area contributed by atoms with Gasteiger partial charge in [-0.3, -0.25) is 29.3 Å². The molecule has 1 unspecified atom stereocenters. The van der Waals surface area contributed by atoms with Crippen molar-refractivity contribution in [2.75, 3.05) is 4.90 Å². The Labute approximate surface area is 203 Å². The molecular formula is C24H19N3O7S. The van der Waals surface area contributed by atoms with E-state index in [1.165, 1.54) is 71.7 Å². The van der Waals surface area contributed by atoms with E-state index < -0.39 is 34.7 Å². The minimum Gasteiger partial charge on any atom is -0.427 e. The highest BCUT2D eigenvalue weighted by molar-refractivity contribution is 7.09. The molecule has 2 aromatic carbocycles. The molecule has 0 aliphatic carbocycles. The Kier molecular flexibility index (Phi) is 6.69. The number of benzene rings is 2. The van der Waals surface area contributed by atoms with Gasteiger partial charge in [0.05, 0.1) is 23.6 Å². The number of ether oxygens (including phenoxy) is 1. The Balaban J connectivity index is 1.62. The molecule has 0 saturated carbocycles. The van der Waals surface area contributed by atoms with E-state index in [0.717, 1.165) is 9.78 Å². The van der Waals surface area contributed by atoms with Gasteiger partial charge in [0.1, 0.15) is 11.8 Å². The van der Waals surface area contributed by atoms with Gasteiger partial charge in [0.25, 0.3) is 17.5 Å². The average Bonchev–Trinajstić information content (AvgIpc) is 3.45. The predicted molar refractivity (Wildman–Crippen MR) is 126 cm³/mol. The maximum atomic E-state index is 13.4. The Morgan fingerprint density at radius 1 is 1.11 bits per heavy atom. The van der Waals surface area contributed by atoms with Crippen LogP contribution in [0.3, 0.4) is 0 Å². The molecule has 10 nitrogen and oxygen atoms in total. The summed E-state index contributed by atoms with van der Waals surface area (Å²) in [7, 11) is 0. The molecule has 0 spiro atoms. The first-order valence-electron chi connectivity index (χ1n) is 10.5. The van der Waals surface area contributed by atoms with Gasteiger partial charge in [0.15, 0.2) is 0 Å². The zero-order chi connectivity index (χ0) is 25.1. The lowest BCUT2D eigenvalue weighted by Gasteiger charge is -2.27. The molecule has 35 heavy (non-hydrogen) atoms. The van der Waals surface area contributed by atoms with Crippen molar-refractivity contribution in [1.82, 2.24) is 4.90 Å². The predicted octanol–water partition coefficient (Wildman–Crippen LogP) is 3.56. The first-order chi connectivity index (χ1) is 16.7. The molecule has 3 amide bonds. The molecule has 1 fully saturated rings. The zero-order valence-corrected chi connectivity index (χ0v) is 19.3. The number of non-ortho nitro benzene ring substituents is 1. The molecule has 0 radical (unpaired) electrons. The zero-order valence-electron chi connectivity index (χ0n) is 18.5. The van der Waals surface area contributed by atoms with Crippen molar-refractivity contribution in [2.24, 2.45) is 0 Å². The molecule has 0 bridgehead atoms. The minimum absolute atomic E-state index is 0.0937. The molecule has 1 atom stereocenters. The van der Waals surface area contributed by atoms with Crippen LogP contribution >= 0.6 is 11.3 Å². The molecule has 3 aromatic rings. The van der Waals surface area contributed by atoms with Crippen molar-refractivity contribution >= 4 is 46.4 Å².